The van der Waals surface area contributed by atoms with Gasteiger partial charge in [0.15, 0.2) is 0 Å². The number of rotatable bonds is 7. The van der Waals surface area contributed by atoms with Crippen molar-refractivity contribution >= 4 is 16.9 Å². The Morgan fingerprint density at radius 1 is 1.19 bits per heavy atom. The maximum atomic E-state index is 11.3. The lowest BCUT2D eigenvalue weighted by Gasteiger charge is -2.12. The molecule has 26 heavy (non-hydrogen) atoms. The Morgan fingerprint density at radius 3 is 2.81 bits per heavy atom. The molecule has 0 fully saturated rings. The molecule has 0 aliphatic carbocycles. The number of nitrogens with zero attached hydrogens (tertiary/aromatic N) is 2. The second-order valence-electron chi connectivity index (χ2n) is 6.55. The number of fused-ring (bicyclic) bond motifs is 1. The van der Waals surface area contributed by atoms with Gasteiger partial charge in [-0.25, -0.2) is 4.98 Å². The zero-order chi connectivity index (χ0) is 18.5. The molecule has 3 aromatic rings. The van der Waals surface area contributed by atoms with Crippen LogP contribution in [0.25, 0.3) is 11.0 Å². The molecule has 0 bridgehead atoms. The highest BCUT2D eigenvalue weighted by atomic mass is 16.5. The third-order valence-corrected chi connectivity index (χ3v) is 4.36. The van der Waals surface area contributed by atoms with Gasteiger partial charge in [0.2, 0.25) is 5.91 Å². The van der Waals surface area contributed by atoms with Crippen molar-refractivity contribution in [2.75, 3.05) is 6.61 Å². The number of hydrogen-bond acceptors (Lipinski definition) is 3. The minimum Gasteiger partial charge on any atom is -0.493 e. The summed E-state index contributed by atoms with van der Waals surface area (Å²) in [6.45, 7) is 7.51. The molecule has 0 radical (unpaired) electrons. The smallest absolute Gasteiger partial charge is 0.217 e. The van der Waals surface area contributed by atoms with E-state index in [-0.39, 0.29) is 5.91 Å². The first-order chi connectivity index (χ1) is 12.5. The van der Waals surface area contributed by atoms with Crippen LogP contribution in [0.3, 0.4) is 0 Å². The highest BCUT2D eigenvalue weighted by Gasteiger charge is 2.10. The van der Waals surface area contributed by atoms with Crippen molar-refractivity contribution in [3.63, 3.8) is 0 Å². The highest BCUT2D eigenvalue weighted by molar-refractivity contribution is 5.76. The molecule has 2 aromatic carbocycles. The molecular weight excluding hydrogens is 326 g/mol. The van der Waals surface area contributed by atoms with Gasteiger partial charge in [0.1, 0.15) is 11.6 Å². The van der Waals surface area contributed by atoms with E-state index in [1.807, 2.05) is 18.2 Å². The van der Waals surface area contributed by atoms with E-state index >= 15 is 0 Å². The molecule has 1 N–H and O–H groups in total. The first-order valence-corrected chi connectivity index (χ1v) is 8.93. The van der Waals surface area contributed by atoms with E-state index in [0.717, 1.165) is 41.1 Å². The lowest BCUT2D eigenvalue weighted by atomic mass is 10.1. The molecule has 0 atom stereocenters. The normalized spacial score (nSPS) is 10.9. The van der Waals surface area contributed by atoms with Crippen molar-refractivity contribution in [3.8, 4) is 5.75 Å². The van der Waals surface area contributed by atoms with E-state index in [1.165, 1.54) is 12.5 Å². The number of aryl methyl sites for hydroxylation is 3. The second kappa shape index (κ2) is 8.04. The molecule has 1 heterocycles. The molecule has 136 valence electrons. The van der Waals surface area contributed by atoms with Crippen LogP contribution in [-0.2, 0) is 17.9 Å². The minimum absolute atomic E-state index is 0.0538. The van der Waals surface area contributed by atoms with E-state index in [4.69, 9.17) is 4.74 Å². The predicted octanol–water partition coefficient (Wildman–Crippen LogP) is 3.76. The first-order valence-electron chi connectivity index (χ1n) is 8.93. The Hall–Kier alpha value is -2.82. The molecule has 0 saturated heterocycles. The van der Waals surface area contributed by atoms with Crippen molar-refractivity contribution in [3.05, 3.63) is 59.4 Å². The van der Waals surface area contributed by atoms with Gasteiger partial charge in [0, 0.05) is 13.5 Å². The monoisotopic (exact) mass is 351 g/mol. The number of nitrogens with one attached hydrogen (secondary N) is 1. The Bertz CT molecular complexity index is 915. The number of para-hydroxylation sites is 2. The summed E-state index contributed by atoms with van der Waals surface area (Å²) in [7, 11) is 0. The maximum Gasteiger partial charge on any atom is 0.217 e. The van der Waals surface area contributed by atoms with Crippen molar-refractivity contribution in [1.29, 1.82) is 0 Å². The number of aromatic nitrogens is 2. The van der Waals surface area contributed by atoms with Crippen LogP contribution in [0.5, 0.6) is 5.75 Å². The van der Waals surface area contributed by atoms with E-state index in [0.29, 0.717) is 13.2 Å². The van der Waals surface area contributed by atoms with Crippen LogP contribution in [0, 0.1) is 13.8 Å². The molecule has 0 unspecified atom stereocenters. The fourth-order valence-corrected chi connectivity index (χ4v) is 2.98. The average Bonchev–Trinajstić information content (AvgIpc) is 2.97. The van der Waals surface area contributed by atoms with Crippen LogP contribution in [0.2, 0.25) is 0 Å². The molecule has 1 amide bonds. The predicted molar refractivity (Wildman–Crippen MR) is 103 cm³/mol. The number of amides is 1. The molecule has 1 aromatic heterocycles. The van der Waals surface area contributed by atoms with Crippen molar-refractivity contribution in [2.45, 2.75) is 40.3 Å². The molecule has 5 nitrogen and oxygen atoms in total. The zero-order valence-electron chi connectivity index (χ0n) is 15.6. The summed E-state index contributed by atoms with van der Waals surface area (Å²) >= 11 is 0. The van der Waals surface area contributed by atoms with Gasteiger partial charge in [-0.1, -0.05) is 24.3 Å². The van der Waals surface area contributed by atoms with Crippen LogP contribution in [-0.4, -0.2) is 22.1 Å². The molecular formula is C21H25N3O2. The van der Waals surface area contributed by atoms with Gasteiger partial charge in [-0.15, -0.1) is 0 Å². The minimum atomic E-state index is -0.0538. The van der Waals surface area contributed by atoms with Gasteiger partial charge in [0.25, 0.3) is 0 Å². The summed E-state index contributed by atoms with van der Waals surface area (Å²) in [6.07, 6.45) is 0.862. The van der Waals surface area contributed by atoms with Crippen LogP contribution in [0.1, 0.15) is 30.3 Å². The average molecular weight is 351 g/mol. The number of ether oxygens (including phenoxy) is 1. The van der Waals surface area contributed by atoms with E-state index in [1.54, 1.807) is 0 Å². The fourth-order valence-electron chi connectivity index (χ4n) is 2.98. The highest BCUT2D eigenvalue weighted by Crippen LogP contribution is 2.20. The quantitative estimate of drug-likeness (QED) is 0.660. The molecule has 0 saturated carbocycles. The summed E-state index contributed by atoms with van der Waals surface area (Å²) in [4.78, 5) is 15.9. The van der Waals surface area contributed by atoms with E-state index in [9.17, 15) is 4.79 Å². The van der Waals surface area contributed by atoms with Crippen LogP contribution in [0.15, 0.2) is 42.5 Å². The SMILES string of the molecule is CC(=O)NCc1nc2ccccc2n1CCCOc1cc(C)ccc1C. The van der Waals surface area contributed by atoms with Crippen molar-refractivity contribution in [1.82, 2.24) is 14.9 Å². The van der Waals surface area contributed by atoms with Gasteiger partial charge >= 0.3 is 0 Å². The summed E-state index contributed by atoms with van der Waals surface area (Å²) in [6, 6.07) is 14.3. The summed E-state index contributed by atoms with van der Waals surface area (Å²) < 4.78 is 8.13. The largest absolute Gasteiger partial charge is 0.493 e. The molecule has 3 rings (SSSR count). The second-order valence-corrected chi connectivity index (χ2v) is 6.55. The third kappa shape index (κ3) is 4.23. The van der Waals surface area contributed by atoms with E-state index in [2.05, 4.69) is 53.0 Å². The van der Waals surface area contributed by atoms with Gasteiger partial charge in [-0.3, -0.25) is 4.79 Å². The lowest BCUT2D eigenvalue weighted by molar-refractivity contribution is -0.119. The van der Waals surface area contributed by atoms with Crippen LogP contribution in [0.4, 0.5) is 0 Å². The van der Waals surface area contributed by atoms with E-state index < -0.39 is 0 Å². The molecule has 5 heteroatoms. The number of hydrogen-bond donors (Lipinski definition) is 1. The third-order valence-electron chi connectivity index (χ3n) is 4.36. The number of carbonyl (C=O) groups is 1. The summed E-state index contributed by atoms with van der Waals surface area (Å²) in [5, 5.41) is 2.84. The fraction of sp³-hybridized carbons (Fsp3) is 0.333. The van der Waals surface area contributed by atoms with Crippen molar-refractivity contribution < 1.29 is 9.53 Å². The topological polar surface area (TPSA) is 56.2 Å². The Labute approximate surface area is 154 Å². The van der Waals surface area contributed by atoms with Crippen molar-refractivity contribution in [2.24, 2.45) is 0 Å². The van der Waals surface area contributed by atoms with Crippen LogP contribution >= 0.6 is 0 Å². The number of carbonyl (C=O) groups excluding carboxylic acids is 1. The molecule has 0 aliphatic heterocycles. The van der Waals surface area contributed by atoms with Gasteiger partial charge in [-0.2, -0.15) is 0 Å². The zero-order valence-corrected chi connectivity index (χ0v) is 15.6. The van der Waals surface area contributed by atoms with Gasteiger partial charge in [-0.05, 0) is 49.6 Å². The summed E-state index contributed by atoms with van der Waals surface area (Å²) in [5.41, 5.74) is 4.38. The Kier molecular flexibility index (Phi) is 5.56. The number of benzene rings is 2. The lowest BCUT2D eigenvalue weighted by Crippen LogP contribution is -2.22. The molecule has 0 spiro atoms. The van der Waals surface area contributed by atoms with Gasteiger partial charge in [0.05, 0.1) is 24.2 Å². The Morgan fingerprint density at radius 2 is 2.00 bits per heavy atom. The van der Waals surface area contributed by atoms with Gasteiger partial charge < -0.3 is 14.6 Å². The molecule has 0 aliphatic rings. The Balaban J connectivity index is 1.68. The maximum absolute atomic E-state index is 11.3. The summed E-state index contributed by atoms with van der Waals surface area (Å²) in [5.74, 6) is 1.76. The standard InChI is InChI=1S/C21H25N3O2/c1-15-9-10-16(2)20(13-15)26-12-6-11-24-19-8-5-4-7-18(19)23-21(24)14-22-17(3)25/h4-5,7-10,13H,6,11-12,14H2,1-3H3,(H,22,25). The first kappa shape index (κ1) is 18.0. The van der Waals surface area contributed by atoms with Crippen LogP contribution < -0.4 is 10.1 Å². The number of imidazole rings is 1.